The van der Waals surface area contributed by atoms with Gasteiger partial charge in [0.05, 0.1) is 13.2 Å². The first-order valence-electron chi connectivity index (χ1n) is 9.33. The van der Waals surface area contributed by atoms with Gasteiger partial charge in [-0.05, 0) is 18.1 Å². The largest absolute Gasteiger partial charge is 0.481 e. The molecule has 1 aliphatic rings. The summed E-state index contributed by atoms with van der Waals surface area (Å²) in [5.74, 6) is -0.988. The number of aromatic nitrogens is 1. The molecule has 2 aromatic rings. The molecule has 1 aromatic heterocycles. The van der Waals surface area contributed by atoms with Crippen molar-refractivity contribution in [1.29, 1.82) is 0 Å². The lowest BCUT2D eigenvalue weighted by molar-refractivity contribution is -0.143. The lowest BCUT2D eigenvalue weighted by Gasteiger charge is -2.29. The normalized spacial score (nSPS) is 18.2. The minimum atomic E-state index is -1.19. The highest BCUT2D eigenvalue weighted by Crippen LogP contribution is 2.28. The standard InChI is InChI=1S/C21H24N2O5/c1-2-21(20(25)26,16-6-4-3-5-7-16)14-23-19(24)15-8-10-22-18(12-15)28-17-9-11-27-13-17/h3-8,10,12,17H,2,9,11,13-14H2,1H3,(H,23,24)(H,25,26). The topological polar surface area (TPSA) is 97.8 Å². The van der Waals surface area contributed by atoms with Gasteiger partial charge in [-0.15, -0.1) is 0 Å². The number of pyridine rings is 1. The fraction of sp³-hybridized carbons (Fsp3) is 0.381. The summed E-state index contributed by atoms with van der Waals surface area (Å²) in [5, 5.41) is 12.6. The highest BCUT2D eigenvalue weighted by atomic mass is 16.5. The maximum Gasteiger partial charge on any atom is 0.315 e. The van der Waals surface area contributed by atoms with Crippen molar-refractivity contribution < 1.29 is 24.2 Å². The molecule has 0 saturated carbocycles. The van der Waals surface area contributed by atoms with Crippen LogP contribution in [0.5, 0.6) is 5.88 Å². The van der Waals surface area contributed by atoms with E-state index < -0.39 is 11.4 Å². The highest BCUT2D eigenvalue weighted by Gasteiger charge is 2.39. The van der Waals surface area contributed by atoms with Crippen molar-refractivity contribution in [3.63, 3.8) is 0 Å². The zero-order chi connectivity index (χ0) is 20.0. The quantitative estimate of drug-likeness (QED) is 0.725. The number of rotatable bonds is 8. The van der Waals surface area contributed by atoms with Gasteiger partial charge in [0.25, 0.3) is 5.91 Å². The Kier molecular flexibility index (Phi) is 6.26. The summed E-state index contributed by atoms with van der Waals surface area (Å²) in [6.07, 6.45) is 2.57. The molecule has 0 aliphatic carbocycles. The van der Waals surface area contributed by atoms with Gasteiger partial charge in [-0.25, -0.2) is 4.98 Å². The Labute approximate surface area is 163 Å². The van der Waals surface area contributed by atoms with E-state index in [2.05, 4.69) is 10.3 Å². The van der Waals surface area contributed by atoms with Gasteiger partial charge in [0.15, 0.2) is 0 Å². The fourth-order valence-electron chi connectivity index (χ4n) is 3.26. The van der Waals surface area contributed by atoms with Crippen LogP contribution in [0.25, 0.3) is 0 Å². The first kappa shape index (κ1) is 19.8. The van der Waals surface area contributed by atoms with Gasteiger partial charge in [0, 0.05) is 30.8 Å². The first-order chi connectivity index (χ1) is 13.5. The molecule has 2 heterocycles. The van der Waals surface area contributed by atoms with Crippen LogP contribution in [0.4, 0.5) is 0 Å². The number of hydrogen-bond donors (Lipinski definition) is 2. The average molecular weight is 384 g/mol. The number of hydrogen-bond acceptors (Lipinski definition) is 5. The predicted octanol–water partition coefficient (Wildman–Crippen LogP) is 2.41. The Hall–Kier alpha value is -2.93. The van der Waals surface area contributed by atoms with Gasteiger partial charge in [-0.1, -0.05) is 37.3 Å². The molecule has 1 amide bonds. The van der Waals surface area contributed by atoms with E-state index in [-0.39, 0.29) is 18.6 Å². The predicted molar refractivity (Wildman–Crippen MR) is 102 cm³/mol. The van der Waals surface area contributed by atoms with Crippen LogP contribution in [0.1, 0.15) is 35.7 Å². The number of carbonyl (C=O) groups is 2. The number of benzene rings is 1. The molecule has 1 saturated heterocycles. The minimum Gasteiger partial charge on any atom is -0.481 e. The Bertz CT molecular complexity index is 821. The Morgan fingerprint density at radius 3 is 2.75 bits per heavy atom. The molecule has 7 heteroatoms. The van der Waals surface area contributed by atoms with E-state index >= 15 is 0 Å². The number of aliphatic carboxylic acids is 1. The SMILES string of the molecule is CCC(CNC(=O)c1ccnc(OC2CCOC2)c1)(C(=O)O)c1ccccc1. The maximum atomic E-state index is 12.6. The van der Waals surface area contributed by atoms with Crippen molar-refractivity contribution in [3.8, 4) is 5.88 Å². The molecule has 2 atom stereocenters. The van der Waals surface area contributed by atoms with Gasteiger partial charge < -0.3 is 19.9 Å². The van der Waals surface area contributed by atoms with Gasteiger partial charge in [0.1, 0.15) is 11.5 Å². The van der Waals surface area contributed by atoms with Crippen LogP contribution in [0.3, 0.4) is 0 Å². The second-order valence-corrected chi connectivity index (χ2v) is 6.78. The van der Waals surface area contributed by atoms with Crippen molar-refractivity contribution in [1.82, 2.24) is 10.3 Å². The summed E-state index contributed by atoms with van der Waals surface area (Å²) in [4.78, 5) is 28.8. The number of carboxylic acids is 1. The van der Waals surface area contributed by atoms with E-state index in [1.165, 1.54) is 6.20 Å². The maximum absolute atomic E-state index is 12.6. The zero-order valence-corrected chi connectivity index (χ0v) is 15.8. The summed E-state index contributed by atoms with van der Waals surface area (Å²) in [6, 6.07) is 12.1. The molecular weight excluding hydrogens is 360 g/mol. The van der Waals surface area contributed by atoms with Crippen LogP contribution in [0.15, 0.2) is 48.7 Å². The van der Waals surface area contributed by atoms with Crippen molar-refractivity contribution in [2.45, 2.75) is 31.3 Å². The van der Waals surface area contributed by atoms with Gasteiger partial charge in [-0.3, -0.25) is 9.59 Å². The zero-order valence-electron chi connectivity index (χ0n) is 15.8. The third kappa shape index (κ3) is 4.31. The molecule has 7 nitrogen and oxygen atoms in total. The number of nitrogens with zero attached hydrogens (tertiary/aromatic N) is 1. The lowest BCUT2D eigenvalue weighted by Crippen LogP contribution is -2.46. The number of carbonyl (C=O) groups excluding carboxylic acids is 1. The molecule has 0 radical (unpaired) electrons. The third-order valence-electron chi connectivity index (χ3n) is 5.06. The van der Waals surface area contributed by atoms with Crippen LogP contribution in [0, 0.1) is 0 Å². The molecule has 1 aromatic carbocycles. The summed E-state index contributed by atoms with van der Waals surface area (Å²) < 4.78 is 11.0. The number of ether oxygens (including phenoxy) is 2. The smallest absolute Gasteiger partial charge is 0.315 e. The van der Waals surface area contributed by atoms with E-state index in [0.717, 1.165) is 6.42 Å². The van der Waals surface area contributed by atoms with Crippen molar-refractivity contribution in [3.05, 3.63) is 59.8 Å². The summed E-state index contributed by atoms with van der Waals surface area (Å²) in [7, 11) is 0. The summed E-state index contributed by atoms with van der Waals surface area (Å²) in [5.41, 5.74) is -0.164. The average Bonchev–Trinajstić information content (AvgIpc) is 3.22. The molecule has 3 rings (SSSR count). The van der Waals surface area contributed by atoms with Crippen molar-refractivity contribution in [2.75, 3.05) is 19.8 Å². The van der Waals surface area contributed by atoms with Crippen LogP contribution in [-0.4, -0.2) is 47.8 Å². The molecule has 2 N–H and O–H groups in total. The van der Waals surface area contributed by atoms with Crippen molar-refractivity contribution in [2.24, 2.45) is 0 Å². The number of nitrogens with one attached hydrogen (secondary N) is 1. The number of carboxylic acid groups (broad SMARTS) is 1. The highest BCUT2D eigenvalue weighted by molar-refractivity contribution is 5.95. The monoisotopic (exact) mass is 384 g/mol. The second-order valence-electron chi connectivity index (χ2n) is 6.78. The number of amides is 1. The van der Waals surface area contributed by atoms with E-state index in [4.69, 9.17) is 9.47 Å². The van der Waals surface area contributed by atoms with Gasteiger partial charge in [0.2, 0.25) is 5.88 Å². The van der Waals surface area contributed by atoms with Gasteiger partial charge >= 0.3 is 5.97 Å². The second kappa shape index (κ2) is 8.84. The van der Waals surface area contributed by atoms with Crippen LogP contribution in [0.2, 0.25) is 0 Å². The van der Waals surface area contributed by atoms with E-state index in [0.29, 0.717) is 36.6 Å². The third-order valence-corrected chi connectivity index (χ3v) is 5.06. The van der Waals surface area contributed by atoms with Crippen LogP contribution in [-0.2, 0) is 14.9 Å². The van der Waals surface area contributed by atoms with Crippen LogP contribution >= 0.6 is 0 Å². The Morgan fingerprint density at radius 1 is 1.32 bits per heavy atom. The van der Waals surface area contributed by atoms with Gasteiger partial charge in [-0.2, -0.15) is 0 Å². The van der Waals surface area contributed by atoms with Crippen LogP contribution < -0.4 is 10.1 Å². The molecule has 1 aliphatic heterocycles. The Morgan fingerprint density at radius 2 is 2.11 bits per heavy atom. The molecule has 1 fully saturated rings. The molecule has 0 bridgehead atoms. The Balaban J connectivity index is 1.72. The minimum absolute atomic E-state index is 0.0172. The summed E-state index contributed by atoms with van der Waals surface area (Å²) >= 11 is 0. The molecular formula is C21H24N2O5. The van der Waals surface area contributed by atoms with E-state index in [1.54, 1.807) is 43.3 Å². The van der Waals surface area contributed by atoms with E-state index in [1.807, 2.05) is 6.07 Å². The van der Waals surface area contributed by atoms with Crippen molar-refractivity contribution >= 4 is 11.9 Å². The lowest BCUT2D eigenvalue weighted by atomic mass is 9.78. The fourth-order valence-corrected chi connectivity index (χ4v) is 3.26. The molecule has 2 unspecified atom stereocenters. The molecule has 148 valence electrons. The summed E-state index contributed by atoms with van der Waals surface area (Å²) in [6.45, 7) is 2.94. The van der Waals surface area contributed by atoms with E-state index in [9.17, 15) is 14.7 Å². The first-order valence-corrected chi connectivity index (χ1v) is 9.33. The molecule has 28 heavy (non-hydrogen) atoms. The molecule has 0 spiro atoms.